The number of Topliss-reactive ketones (excluding diaryl/α,β-unsaturated/α-hetero) is 1. The number of halogens is 1. The molecule has 94 heavy (non-hydrogen) atoms. The second-order valence-electron chi connectivity index (χ2n) is 19.7. The first-order valence-corrected chi connectivity index (χ1v) is 32.9. The summed E-state index contributed by atoms with van der Waals surface area (Å²) in [5, 5.41) is 8.05. The number of hydrogen-bond donors (Lipinski definition) is 7. The topological polar surface area (TPSA) is 529 Å². The van der Waals surface area contributed by atoms with Crippen LogP contribution < -0.4 is 39.5 Å². The summed E-state index contributed by atoms with van der Waals surface area (Å²) >= 11 is 3.06. The van der Waals surface area contributed by atoms with Crippen molar-refractivity contribution in [1.82, 2.24) is 60.8 Å². The van der Waals surface area contributed by atoms with Crippen LogP contribution in [0.5, 0.6) is 0 Å². The van der Waals surface area contributed by atoms with E-state index < -0.39 is 87.3 Å². The Labute approximate surface area is 546 Å². The number of ether oxygens (including phenoxy) is 3. The van der Waals surface area contributed by atoms with Gasteiger partial charge < -0.3 is 46.9 Å². The highest BCUT2D eigenvalue weighted by molar-refractivity contribution is 9.10. The third-order valence-corrected chi connectivity index (χ3v) is 19.3. The largest absolute Gasteiger partial charge is 0.464 e. The summed E-state index contributed by atoms with van der Waals surface area (Å²) < 4.78 is 92.7. The van der Waals surface area contributed by atoms with Gasteiger partial charge in [-0.1, -0.05) is 36.4 Å². The molecule has 3 aromatic carbocycles. The van der Waals surface area contributed by atoms with Gasteiger partial charge in [-0.25, -0.2) is 85.4 Å². The number of carbonyl (C=O) groups excluding carboxylic acids is 6. The number of nitrogens with two attached hydrogens (primary N) is 5. The van der Waals surface area contributed by atoms with E-state index in [1.165, 1.54) is 68.3 Å². The number of nitrogens with zero attached hydrogens (tertiary/aromatic N) is 10. The third kappa shape index (κ3) is 18.9. The van der Waals surface area contributed by atoms with Crippen molar-refractivity contribution in [2.24, 2.45) is 5.84 Å². The van der Waals surface area contributed by atoms with Crippen molar-refractivity contribution in [1.29, 1.82) is 0 Å². The molecule has 12 N–H and O–H groups in total. The van der Waals surface area contributed by atoms with E-state index in [1.807, 2.05) is 5.43 Å². The highest BCUT2D eigenvalue weighted by Gasteiger charge is 2.25. The zero-order valence-electron chi connectivity index (χ0n) is 51.6. The summed E-state index contributed by atoms with van der Waals surface area (Å²) in [7, 11) is -8.89. The number of aromatic nitrogens is 10. The standard InChI is InChI=1S/C19H22N4O6S.C18H19N5O5S.C14H17N5O3S.C6H6BrN3O2/c1-4-29-19(26)15(24)10-22-18(25)16-17(20)21-9-14(23-16)12-5-7-13(8-6-12)30(27,28)11(2)3;1-4-27-18(24)17-23-22-16(28-17)14-15(19)20-9-13(21-14)11-5-7-12(8-6-11)29(25,26)10(2)3;1-8(2)23(21,22)10-5-3-9(4-6-10)11-7-17-13(15)12(18-11)14(20)19-16;1-12-6(11)4-5(8)9-2-3(7)10-4/h5-9,11H,4,10H2,1-3H3,(H2,20,21)(H,22,25);5-10H,4H2,1-3H3,(H2,19,20);3-8H,16H2,1-2H3,(H2,15,17)(H,19,20);2H,1H3,(H2,8,9). The number of carbonyl (C=O) groups is 6. The summed E-state index contributed by atoms with van der Waals surface area (Å²) in [6, 6.07) is 18.4. The van der Waals surface area contributed by atoms with Gasteiger partial charge in [0.25, 0.3) is 23.5 Å². The lowest BCUT2D eigenvalue weighted by molar-refractivity contribution is -0.153. The predicted octanol–water partition coefficient (Wildman–Crippen LogP) is 4.02. The van der Waals surface area contributed by atoms with Crippen LogP contribution in [0.3, 0.4) is 0 Å². The van der Waals surface area contributed by atoms with E-state index in [-0.39, 0.29) is 91.4 Å². The third-order valence-electron chi connectivity index (χ3n) is 12.4. The molecule has 5 heterocycles. The smallest absolute Gasteiger partial charge is 0.396 e. The normalized spacial score (nSPS) is 11.2. The van der Waals surface area contributed by atoms with Gasteiger partial charge in [0.1, 0.15) is 4.60 Å². The molecule has 0 saturated heterocycles. The molecule has 2 amide bonds. The Morgan fingerprint density at radius 1 is 0.521 bits per heavy atom. The molecule has 8 rings (SSSR count). The van der Waals surface area contributed by atoms with Gasteiger partial charge in [0.15, 0.2) is 75.6 Å². The maximum atomic E-state index is 12.3. The van der Waals surface area contributed by atoms with Crippen LogP contribution in [-0.4, -0.2) is 153 Å². The Balaban J connectivity index is 0.000000236. The van der Waals surface area contributed by atoms with E-state index in [1.54, 1.807) is 91.8 Å². The molecule has 0 atom stereocenters. The van der Waals surface area contributed by atoms with Gasteiger partial charge in [0.05, 0.1) is 99.2 Å². The van der Waals surface area contributed by atoms with E-state index in [9.17, 15) is 54.0 Å². The average molecular weight is 1420 g/mol. The van der Waals surface area contributed by atoms with Crippen LogP contribution in [-0.2, 0) is 53.3 Å². The molecule has 0 bridgehead atoms. The van der Waals surface area contributed by atoms with Gasteiger partial charge in [-0.15, -0.1) is 10.2 Å². The number of nitrogens with one attached hydrogen (secondary N) is 2. The molecule has 0 aliphatic heterocycles. The molecule has 33 nitrogen and oxygen atoms in total. The zero-order chi connectivity index (χ0) is 70.0. The lowest BCUT2D eigenvalue weighted by Gasteiger charge is -2.10. The van der Waals surface area contributed by atoms with Crippen molar-refractivity contribution < 1.29 is 72.6 Å². The number of hydrogen-bond acceptors (Lipinski definition) is 31. The number of rotatable bonds is 19. The van der Waals surface area contributed by atoms with Crippen molar-refractivity contribution in [3.8, 4) is 45.4 Å². The maximum absolute atomic E-state index is 12.3. The van der Waals surface area contributed by atoms with E-state index in [0.29, 0.717) is 32.7 Å². The van der Waals surface area contributed by atoms with Crippen LogP contribution in [0.1, 0.15) is 97.5 Å². The van der Waals surface area contributed by atoms with E-state index in [2.05, 4.69) is 80.8 Å². The van der Waals surface area contributed by atoms with E-state index in [0.717, 1.165) is 0 Å². The molecule has 498 valence electrons. The van der Waals surface area contributed by atoms with Gasteiger partial charge in [0, 0.05) is 16.7 Å². The van der Waals surface area contributed by atoms with Gasteiger partial charge >= 0.3 is 23.8 Å². The quantitative estimate of drug-likeness (QED) is 0.0150. The lowest BCUT2D eigenvalue weighted by atomic mass is 10.1. The Bertz CT molecular complexity index is 4430. The van der Waals surface area contributed by atoms with Gasteiger partial charge in [0.2, 0.25) is 0 Å². The summed E-state index contributed by atoms with van der Waals surface area (Å²) in [5.41, 5.74) is 27.1. The summed E-state index contributed by atoms with van der Waals surface area (Å²) in [5.74, 6) is -0.232. The summed E-state index contributed by atoms with van der Waals surface area (Å²) in [6.07, 6.45) is 5.58. The minimum Gasteiger partial charge on any atom is -0.464 e. The van der Waals surface area contributed by atoms with Crippen LogP contribution in [0, 0.1) is 0 Å². The number of hydrazine groups is 1. The minimum atomic E-state index is -3.42. The number of esters is 3. The highest BCUT2D eigenvalue weighted by Crippen LogP contribution is 2.29. The predicted molar refractivity (Wildman–Crippen MR) is 343 cm³/mol. The number of anilines is 4. The fourth-order valence-corrected chi connectivity index (χ4v) is 10.6. The molecule has 0 spiro atoms. The van der Waals surface area contributed by atoms with Crippen LogP contribution in [0.25, 0.3) is 45.4 Å². The maximum Gasteiger partial charge on any atom is 0.396 e. The van der Waals surface area contributed by atoms with Crippen LogP contribution in [0.15, 0.2) is 121 Å². The van der Waals surface area contributed by atoms with Crippen LogP contribution >= 0.6 is 15.9 Å². The molecule has 8 aromatic rings. The molecule has 0 aliphatic carbocycles. The second kappa shape index (κ2) is 32.8. The Morgan fingerprint density at radius 3 is 1.32 bits per heavy atom. The summed E-state index contributed by atoms with van der Waals surface area (Å²) in [6.45, 7) is 12.5. The number of nitrogen functional groups attached to an aromatic ring is 5. The molecule has 37 heteroatoms. The van der Waals surface area contributed by atoms with E-state index in [4.69, 9.17) is 37.9 Å². The molecular weight excluding hydrogens is 1350 g/mol. The number of benzene rings is 3. The first kappa shape index (κ1) is 74.4. The molecule has 5 aromatic heterocycles. The molecule has 0 radical (unpaired) electrons. The van der Waals surface area contributed by atoms with Gasteiger partial charge in [-0.05, 0) is 108 Å². The van der Waals surface area contributed by atoms with Crippen LogP contribution in [0.2, 0.25) is 0 Å². The van der Waals surface area contributed by atoms with Gasteiger partial charge in [-0.3, -0.25) is 19.8 Å². The van der Waals surface area contributed by atoms with Crippen molar-refractivity contribution in [2.45, 2.75) is 85.8 Å². The first-order chi connectivity index (χ1) is 44.2. The molecule has 0 fully saturated rings. The Morgan fingerprint density at radius 2 is 0.915 bits per heavy atom. The first-order valence-electron chi connectivity index (χ1n) is 27.5. The summed E-state index contributed by atoms with van der Waals surface area (Å²) in [4.78, 5) is 102. The fourth-order valence-electron chi connectivity index (χ4n) is 7.18. The number of ketones is 1. The average Bonchev–Trinajstić information content (AvgIpc) is 1.06. The number of amides is 2. The van der Waals surface area contributed by atoms with Gasteiger partial charge in [-0.2, -0.15) is 0 Å². The monoisotopic (exact) mass is 1420 g/mol. The number of methoxy groups -OCH3 is 1. The lowest BCUT2D eigenvalue weighted by Crippen LogP contribution is -2.35. The second-order valence-corrected chi connectivity index (χ2v) is 28.0. The molecular formula is C57H64BrN17O16S3. The zero-order valence-corrected chi connectivity index (χ0v) is 55.6. The van der Waals surface area contributed by atoms with Crippen LogP contribution in [0.4, 0.5) is 23.3 Å². The molecule has 0 unspecified atom stereocenters. The molecule has 0 aliphatic rings. The minimum absolute atomic E-state index is 0.0203. The van der Waals surface area contributed by atoms with Crippen molar-refractivity contribution in [3.05, 3.63) is 125 Å². The van der Waals surface area contributed by atoms with Crippen molar-refractivity contribution in [3.63, 3.8) is 0 Å². The molecule has 0 saturated carbocycles. The fraction of sp³-hybridized carbons (Fsp3) is 0.263. The SMILES string of the molecule is CC(C)S(=O)(=O)c1ccc(-c2cnc(N)c(C(=O)NN)n2)cc1.CCOC(=O)C(=O)CNC(=O)c1nc(-c2ccc(S(=O)(=O)C(C)C)cc2)cnc1N.CCOC(=O)c1nnc(-c2nc(-c3ccc(S(=O)(=O)C(C)C)cc3)cnc2N)o1.COC(=O)c1nc(Br)cnc1N. The Hall–Kier alpha value is -10.4. The number of sulfone groups is 3. The highest BCUT2D eigenvalue weighted by atomic mass is 79.9. The Kier molecular flexibility index (Phi) is 25.9. The van der Waals surface area contributed by atoms with Crippen molar-refractivity contribution >= 4 is 104 Å². The van der Waals surface area contributed by atoms with Crippen molar-refractivity contribution in [2.75, 3.05) is 49.8 Å². The van der Waals surface area contributed by atoms with E-state index >= 15 is 0 Å².